The number of esters is 1. The fourth-order valence-electron chi connectivity index (χ4n) is 1.82. The standard InChI is InChI=1S/C14H16Cl3NO6S/c1-25(22,23)9-4-2-8(3-5-9)12(20)10(7-24-11(19)6-15)18-14(21)13(16)17/h2-5,10,12-13,20H,6-7H2,1H3,(H,18,21). The number of hydrogen-bond acceptors (Lipinski definition) is 6. The van der Waals surface area contributed by atoms with Crippen LogP contribution in [0.15, 0.2) is 29.2 Å². The summed E-state index contributed by atoms with van der Waals surface area (Å²) in [5.74, 6) is -1.93. The molecule has 0 aliphatic carbocycles. The van der Waals surface area contributed by atoms with Crippen LogP contribution in [0.5, 0.6) is 0 Å². The molecule has 11 heteroatoms. The Balaban J connectivity index is 2.98. The van der Waals surface area contributed by atoms with Crippen LogP contribution in [0.2, 0.25) is 0 Å². The van der Waals surface area contributed by atoms with Gasteiger partial charge in [-0.15, -0.1) is 11.6 Å². The zero-order valence-corrected chi connectivity index (χ0v) is 16.1. The number of carbonyl (C=O) groups excluding carboxylic acids is 2. The van der Waals surface area contributed by atoms with E-state index in [1.54, 1.807) is 0 Å². The number of carbonyl (C=O) groups is 2. The topological polar surface area (TPSA) is 110 Å². The van der Waals surface area contributed by atoms with Gasteiger partial charge in [0, 0.05) is 6.26 Å². The van der Waals surface area contributed by atoms with Gasteiger partial charge in [-0.25, -0.2) is 8.42 Å². The minimum atomic E-state index is -3.39. The van der Waals surface area contributed by atoms with Gasteiger partial charge in [0.2, 0.25) is 0 Å². The first kappa shape index (κ1) is 22.0. The number of aliphatic hydroxyl groups is 1. The summed E-state index contributed by atoms with van der Waals surface area (Å²) >= 11 is 16.2. The van der Waals surface area contributed by atoms with Crippen molar-refractivity contribution in [1.82, 2.24) is 5.32 Å². The average molecular weight is 433 g/mol. The number of hydrogen-bond donors (Lipinski definition) is 2. The van der Waals surface area contributed by atoms with Gasteiger partial charge >= 0.3 is 5.97 Å². The average Bonchev–Trinajstić information content (AvgIpc) is 2.56. The second kappa shape index (κ2) is 9.59. The SMILES string of the molecule is CS(=O)(=O)c1ccc(C(O)C(COC(=O)CCl)NC(=O)C(Cl)Cl)cc1. The maximum Gasteiger partial charge on any atom is 0.320 e. The number of benzene rings is 1. The Hall–Kier alpha value is -1.06. The molecular weight excluding hydrogens is 417 g/mol. The molecular formula is C14H16Cl3NO6S. The molecule has 0 spiro atoms. The molecule has 0 fully saturated rings. The number of ether oxygens (including phenoxy) is 1. The van der Waals surface area contributed by atoms with Gasteiger partial charge in [0.15, 0.2) is 14.7 Å². The van der Waals surface area contributed by atoms with Gasteiger partial charge in [0.05, 0.1) is 10.9 Å². The van der Waals surface area contributed by atoms with E-state index in [4.69, 9.17) is 39.5 Å². The van der Waals surface area contributed by atoms with E-state index in [1.165, 1.54) is 24.3 Å². The molecule has 0 aliphatic rings. The van der Waals surface area contributed by atoms with Gasteiger partial charge in [0.1, 0.15) is 18.6 Å². The highest BCUT2D eigenvalue weighted by Gasteiger charge is 2.26. The Morgan fingerprint density at radius 2 is 1.80 bits per heavy atom. The second-order valence-corrected chi connectivity index (χ2v) is 8.40. The van der Waals surface area contributed by atoms with E-state index in [1.807, 2.05) is 0 Å². The Morgan fingerprint density at radius 3 is 2.24 bits per heavy atom. The van der Waals surface area contributed by atoms with Gasteiger partial charge in [-0.05, 0) is 17.7 Å². The summed E-state index contributed by atoms with van der Waals surface area (Å²) in [4.78, 5) is 21.5. The highest BCUT2D eigenvalue weighted by molar-refractivity contribution is 7.90. The van der Waals surface area contributed by atoms with Crippen LogP contribution in [-0.4, -0.2) is 55.0 Å². The molecule has 7 nitrogen and oxygen atoms in total. The highest BCUT2D eigenvalue weighted by atomic mass is 35.5. The van der Waals surface area contributed by atoms with Gasteiger partial charge in [-0.3, -0.25) is 9.59 Å². The third kappa shape index (κ3) is 6.99. The van der Waals surface area contributed by atoms with Crippen LogP contribution in [0.3, 0.4) is 0 Å². The van der Waals surface area contributed by atoms with Crippen LogP contribution in [0.25, 0.3) is 0 Å². The van der Waals surface area contributed by atoms with E-state index in [9.17, 15) is 23.1 Å². The highest BCUT2D eigenvalue weighted by Crippen LogP contribution is 2.20. The number of halogens is 3. The predicted molar refractivity (Wildman–Crippen MR) is 93.6 cm³/mol. The van der Waals surface area contributed by atoms with Gasteiger partial charge in [-0.1, -0.05) is 35.3 Å². The van der Waals surface area contributed by atoms with Crippen molar-refractivity contribution >= 4 is 56.5 Å². The third-order valence-electron chi connectivity index (χ3n) is 3.09. The molecule has 2 N–H and O–H groups in total. The van der Waals surface area contributed by atoms with E-state index in [0.717, 1.165) is 6.26 Å². The molecule has 1 amide bonds. The van der Waals surface area contributed by atoms with Crippen LogP contribution in [0.4, 0.5) is 0 Å². The first-order valence-corrected chi connectivity index (χ1v) is 10.1. The van der Waals surface area contributed by atoms with Crippen LogP contribution in [-0.2, 0) is 24.2 Å². The lowest BCUT2D eigenvalue weighted by Crippen LogP contribution is -2.45. The van der Waals surface area contributed by atoms with Crippen LogP contribution in [0.1, 0.15) is 11.7 Å². The van der Waals surface area contributed by atoms with E-state index in [0.29, 0.717) is 5.56 Å². The fraction of sp³-hybridized carbons (Fsp3) is 0.429. The number of alkyl halides is 3. The van der Waals surface area contributed by atoms with Crippen molar-refractivity contribution in [2.24, 2.45) is 0 Å². The van der Waals surface area contributed by atoms with Gasteiger partial charge in [-0.2, -0.15) is 0 Å². The summed E-state index contributed by atoms with van der Waals surface area (Å²) in [6.45, 7) is -0.382. The lowest BCUT2D eigenvalue weighted by atomic mass is 10.0. The number of sulfone groups is 1. The number of amides is 1. The molecule has 1 rings (SSSR count). The summed E-state index contributed by atoms with van der Waals surface area (Å²) in [6, 6.07) is 4.31. The van der Waals surface area contributed by atoms with Crippen molar-refractivity contribution in [3.8, 4) is 0 Å². The zero-order chi connectivity index (χ0) is 19.2. The molecule has 140 valence electrons. The van der Waals surface area contributed by atoms with Crippen molar-refractivity contribution in [1.29, 1.82) is 0 Å². The van der Waals surface area contributed by atoms with Gasteiger partial charge in [0.25, 0.3) is 5.91 Å². The molecule has 0 aromatic heterocycles. The maximum absolute atomic E-state index is 11.7. The largest absolute Gasteiger partial charge is 0.462 e. The molecule has 0 saturated carbocycles. The molecule has 0 saturated heterocycles. The van der Waals surface area contributed by atoms with E-state index < -0.39 is 44.6 Å². The van der Waals surface area contributed by atoms with Crippen LogP contribution in [0, 0.1) is 0 Å². The van der Waals surface area contributed by atoms with Crippen molar-refractivity contribution in [3.05, 3.63) is 29.8 Å². The molecule has 2 unspecified atom stereocenters. The van der Waals surface area contributed by atoms with Crippen molar-refractivity contribution in [2.45, 2.75) is 21.9 Å². The van der Waals surface area contributed by atoms with E-state index >= 15 is 0 Å². The predicted octanol–water partition coefficient (Wildman–Crippen LogP) is 1.19. The van der Waals surface area contributed by atoms with Crippen LogP contribution < -0.4 is 5.32 Å². The minimum Gasteiger partial charge on any atom is -0.462 e. The summed E-state index contributed by atoms with van der Waals surface area (Å²) in [7, 11) is -3.39. The molecule has 0 heterocycles. The Kier molecular flexibility index (Phi) is 8.43. The third-order valence-corrected chi connectivity index (χ3v) is 4.83. The van der Waals surface area contributed by atoms with E-state index in [2.05, 4.69) is 5.32 Å². The normalized spacial score (nSPS) is 14.0. The number of aliphatic hydroxyl groups excluding tert-OH is 1. The van der Waals surface area contributed by atoms with E-state index in [-0.39, 0.29) is 11.5 Å². The quantitative estimate of drug-likeness (QED) is 0.472. The Labute approximate surface area is 160 Å². The summed E-state index contributed by atoms with van der Waals surface area (Å²) in [6.07, 6.45) is -0.262. The van der Waals surface area contributed by atoms with Crippen molar-refractivity contribution < 1.29 is 27.9 Å². The summed E-state index contributed by atoms with van der Waals surface area (Å²) in [5.41, 5.74) is 0.292. The molecule has 1 aromatic carbocycles. The first-order chi connectivity index (χ1) is 11.6. The molecule has 0 bridgehead atoms. The molecule has 2 atom stereocenters. The first-order valence-electron chi connectivity index (χ1n) is 6.84. The summed E-state index contributed by atoms with van der Waals surface area (Å²) in [5, 5.41) is 12.8. The maximum atomic E-state index is 11.7. The smallest absolute Gasteiger partial charge is 0.320 e. The lowest BCUT2D eigenvalue weighted by Gasteiger charge is -2.24. The zero-order valence-electron chi connectivity index (χ0n) is 13.0. The molecule has 0 aliphatic heterocycles. The van der Waals surface area contributed by atoms with Crippen LogP contribution >= 0.6 is 34.8 Å². The molecule has 25 heavy (non-hydrogen) atoms. The Morgan fingerprint density at radius 1 is 1.24 bits per heavy atom. The lowest BCUT2D eigenvalue weighted by molar-refractivity contribution is -0.143. The van der Waals surface area contributed by atoms with Gasteiger partial charge < -0.3 is 15.2 Å². The second-order valence-electron chi connectivity index (χ2n) is 5.02. The molecule has 1 aromatic rings. The number of rotatable bonds is 8. The minimum absolute atomic E-state index is 0.0687. The Bertz CT molecular complexity index is 708. The number of nitrogens with one attached hydrogen (secondary N) is 1. The summed E-state index contributed by atoms with van der Waals surface area (Å²) < 4.78 is 27.7. The fourth-order valence-corrected chi connectivity index (χ4v) is 2.66. The van der Waals surface area contributed by atoms with Crippen molar-refractivity contribution in [2.75, 3.05) is 18.7 Å². The molecule has 0 radical (unpaired) electrons. The van der Waals surface area contributed by atoms with Crippen molar-refractivity contribution in [3.63, 3.8) is 0 Å². The monoisotopic (exact) mass is 431 g/mol.